The van der Waals surface area contributed by atoms with Crippen molar-refractivity contribution >= 4 is 0 Å². The predicted octanol–water partition coefficient (Wildman–Crippen LogP) is 2.19. The molecule has 1 aliphatic rings. The monoisotopic (exact) mass is 477 g/mol. The van der Waals surface area contributed by atoms with Crippen molar-refractivity contribution in [2.75, 3.05) is 6.61 Å². The molecule has 0 saturated carbocycles. The molecule has 3 aromatic rings. The molecule has 0 bridgehead atoms. The van der Waals surface area contributed by atoms with E-state index in [0.717, 1.165) is 15.7 Å². The van der Waals surface area contributed by atoms with E-state index in [-0.39, 0.29) is 31.8 Å². The van der Waals surface area contributed by atoms with Gasteiger partial charge in [0.05, 0.1) is 32.3 Å². The van der Waals surface area contributed by atoms with Crippen LogP contribution in [0.4, 0.5) is 0 Å². The second-order valence-electron chi connectivity index (χ2n) is 8.57. The van der Waals surface area contributed by atoms with Crippen molar-refractivity contribution in [1.29, 1.82) is 5.26 Å². The predicted molar refractivity (Wildman–Crippen MR) is 126 cm³/mol. The number of ether oxygens (including phenoxy) is 3. The molecule has 0 aliphatic carbocycles. The number of nitrogens with one attached hydrogen (secondary N) is 1. The first-order chi connectivity index (χ1) is 16.9. The molecule has 4 atom stereocenters. The first kappa shape index (κ1) is 24.6. The number of benzene rings is 2. The Labute approximate surface area is 202 Å². The van der Waals surface area contributed by atoms with Crippen molar-refractivity contribution in [2.24, 2.45) is 0 Å². The summed E-state index contributed by atoms with van der Waals surface area (Å²) >= 11 is 0. The van der Waals surface area contributed by atoms with E-state index in [2.05, 4.69) is 11.1 Å². The van der Waals surface area contributed by atoms with Gasteiger partial charge >= 0.3 is 5.69 Å². The number of aliphatic hydroxyl groups excluding tert-OH is 1. The van der Waals surface area contributed by atoms with Gasteiger partial charge in [0.1, 0.15) is 17.8 Å². The van der Waals surface area contributed by atoms with Gasteiger partial charge in [0.25, 0.3) is 5.56 Å². The minimum absolute atomic E-state index is 0.0560. The van der Waals surface area contributed by atoms with Gasteiger partial charge in [-0.1, -0.05) is 60.7 Å². The van der Waals surface area contributed by atoms with Crippen LogP contribution in [0.3, 0.4) is 0 Å². The van der Waals surface area contributed by atoms with Crippen molar-refractivity contribution in [1.82, 2.24) is 9.55 Å². The molecule has 9 nitrogen and oxygen atoms in total. The Kier molecular flexibility index (Phi) is 7.58. The highest BCUT2D eigenvalue weighted by Gasteiger charge is 2.57. The molecule has 35 heavy (non-hydrogen) atoms. The van der Waals surface area contributed by atoms with Crippen molar-refractivity contribution < 1.29 is 19.3 Å². The topological polar surface area (TPSA) is 127 Å². The summed E-state index contributed by atoms with van der Waals surface area (Å²) in [6.07, 6.45) is -2.30. The average Bonchev–Trinajstić information content (AvgIpc) is 3.12. The molecule has 0 amide bonds. The first-order valence-electron chi connectivity index (χ1n) is 11.3. The van der Waals surface area contributed by atoms with E-state index in [1.165, 1.54) is 6.20 Å². The van der Waals surface area contributed by atoms with Gasteiger partial charge in [-0.05, 0) is 18.1 Å². The minimum Gasteiger partial charge on any atom is -0.386 e. The minimum atomic E-state index is -1.36. The van der Waals surface area contributed by atoms with Crippen LogP contribution in [0.15, 0.2) is 76.4 Å². The molecule has 1 fully saturated rings. The molecular weight excluding hydrogens is 450 g/mol. The number of H-pyrrole nitrogens is 1. The smallest absolute Gasteiger partial charge is 0.330 e. The summed E-state index contributed by atoms with van der Waals surface area (Å²) in [5.74, 6) is 0. The van der Waals surface area contributed by atoms with Crippen molar-refractivity contribution in [3.05, 3.63) is 104 Å². The number of nitrogens with zero attached hydrogens (tertiary/aromatic N) is 2. The standard InChI is InChI=1S/C26H27N3O6/c1-18-14-29(25(32)28-23(18)31)24-21(30)22(34-16-20-10-6-3-7-11-20)26(35-24,12-13-27)17-33-15-19-8-4-2-5-9-19/h2-11,14,21-22,24,30H,12,15-17H2,1H3,(H,28,31,32)/t21-,22+,24-,26-/m1/s1. The number of nitriles is 1. The van der Waals surface area contributed by atoms with Crippen LogP contribution in [0.5, 0.6) is 0 Å². The van der Waals surface area contributed by atoms with Gasteiger partial charge in [-0.2, -0.15) is 5.26 Å². The zero-order valence-corrected chi connectivity index (χ0v) is 19.3. The molecule has 9 heteroatoms. The highest BCUT2D eigenvalue weighted by Crippen LogP contribution is 2.41. The van der Waals surface area contributed by atoms with Gasteiger partial charge in [-0.15, -0.1) is 0 Å². The highest BCUT2D eigenvalue weighted by molar-refractivity contribution is 5.15. The van der Waals surface area contributed by atoms with E-state index in [9.17, 15) is 20.0 Å². The van der Waals surface area contributed by atoms with Crippen LogP contribution in [0.25, 0.3) is 0 Å². The Bertz CT molecular complexity index is 1280. The molecule has 2 aromatic carbocycles. The molecule has 182 valence electrons. The molecule has 4 rings (SSSR count). The molecule has 1 aliphatic heterocycles. The van der Waals surface area contributed by atoms with Gasteiger partial charge in [0, 0.05) is 11.8 Å². The van der Waals surface area contributed by atoms with E-state index in [1.54, 1.807) is 6.92 Å². The Balaban J connectivity index is 1.65. The Hall–Kier alpha value is -3.55. The van der Waals surface area contributed by atoms with E-state index in [0.29, 0.717) is 0 Å². The summed E-state index contributed by atoms with van der Waals surface area (Å²) in [4.78, 5) is 26.6. The summed E-state index contributed by atoms with van der Waals surface area (Å²) in [7, 11) is 0. The summed E-state index contributed by atoms with van der Waals surface area (Å²) in [5.41, 5.74) is -0.527. The Morgan fingerprint density at radius 3 is 2.34 bits per heavy atom. The van der Waals surface area contributed by atoms with Gasteiger partial charge in [0.15, 0.2) is 6.23 Å². The van der Waals surface area contributed by atoms with E-state index < -0.39 is 35.3 Å². The lowest BCUT2D eigenvalue weighted by Gasteiger charge is -2.32. The third-order valence-corrected chi connectivity index (χ3v) is 6.00. The zero-order chi connectivity index (χ0) is 24.8. The van der Waals surface area contributed by atoms with E-state index >= 15 is 0 Å². The normalized spacial score (nSPS) is 23.7. The highest BCUT2D eigenvalue weighted by atomic mass is 16.6. The Morgan fingerprint density at radius 1 is 1.09 bits per heavy atom. The molecule has 0 unspecified atom stereocenters. The largest absolute Gasteiger partial charge is 0.386 e. The molecule has 2 N–H and O–H groups in total. The van der Waals surface area contributed by atoms with Crippen molar-refractivity contribution in [3.8, 4) is 6.07 Å². The number of hydrogen-bond acceptors (Lipinski definition) is 7. The maximum absolute atomic E-state index is 12.6. The first-order valence-corrected chi connectivity index (χ1v) is 11.3. The quantitative estimate of drug-likeness (QED) is 0.484. The van der Waals surface area contributed by atoms with Crippen LogP contribution >= 0.6 is 0 Å². The van der Waals surface area contributed by atoms with Crippen LogP contribution < -0.4 is 11.2 Å². The van der Waals surface area contributed by atoms with Crippen molar-refractivity contribution in [3.63, 3.8) is 0 Å². The van der Waals surface area contributed by atoms with Gasteiger partial charge in [0.2, 0.25) is 0 Å². The number of hydrogen-bond donors (Lipinski definition) is 2. The second kappa shape index (κ2) is 10.8. The number of aromatic nitrogens is 2. The van der Waals surface area contributed by atoms with E-state index in [4.69, 9.17) is 14.2 Å². The lowest BCUT2D eigenvalue weighted by atomic mass is 9.92. The average molecular weight is 478 g/mol. The number of aromatic amines is 1. The number of aliphatic hydroxyl groups is 1. The summed E-state index contributed by atoms with van der Waals surface area (Å²) in [6, 6.07) is 21.0. The van der Waals surface area contributed by atoms with Gasteiger partial charge in [-0.3, -0.25) is 14.3 Å². The summed E-state index contributed by atoms with van der Waals surface area (Å²) < 4.78 is 19.4. The zero-order valence-electron chi connectivity index (χ0n) is 19.3. The fourth-order valence-corrected chi connectivity index (χ4v) is 4.20. The maximum atomic E-state index is 12.6. The third-order valence-electron chi connectivity index (χ3n) is 6.00. The van der Waals surface area contributed by atoms with Gasteiger partial charge in [-0.25, -0.2) is 4.79 Å². The fraction of sp³-hybridized carbons (Fsp3) is 0.346. The molecular formula is C26H27N3O6. The molecule has 2 heterocycles. The van der Waals surface area contributed by atoms with E-state index in [1.807, 2.05) is 60.7 Å². The summed E-state index contributed by atoms with van der Waals surface area (Å²) in [5, 5.41) is 20.9. The lowest BCUT2D eigenvalue weighted by Crippen LogP contribution is -2.48. The molecule has 1 saturated heterocycles. The molecule has 0 radical (unpaired) electrons. The van der Waals surface area contributed by atoms with Crippen LogP contribution in [-0.4, -0.2) is 39.1 Å². The summed E-state index contributed by atoms with van der Waals surface area (Å²) in [6.45, 7) is 1.91. The van der Waals surface area contributed by atoms with Gasteiger partial charge < -0.3 is 19.3 Å². The second-order valence-corrected chi connectivity index (χ2v) is 8.57. The van der Waals surface area contributed by atoms with Crippen molar-refractivity contribution in [2.45, 2.75) is 50.6 Å². The number of aryl methyl sites for hydroxylation is 1. The molecule has 1 aromatic heterocycles. The Morgan fingerprint density at radius 2 is 1.71 bits per heavy atom. The van der Waals surface area contributed by atoms with Crippen LogP contribution in [0.1, 0.15) is 29.3 Å². The lowest BCUT2D eigenvalue weighted by molar-refractivity contribution is -0.154. The molecule has 0 spiro atoms. The third kappa shape index (κ3) is 5.42. The number of rotatable bonds is 9. The van der Waals surface area contributed by atoms with Crippen LogP contribution in [-0.2, 0) is 27.4 Å². The van der Waals surface area contributed by atoms with Crippen LogP contribution in [0.2, 0.25) is 0 Å². The van der Waals surface area contributed by atoms with Crippen LogP contribution in [0, 0.1) is 18.3 Å². The SMILES string of the molecule is Cc1cn([C@@H]2O[C@](CC#N)(COCc3ccccc3)[C@@H](OCc3ccccc3)[C@H]2O)c(=O)[nH]c1=O. The maximum Gasteiger partial charge on any atom is 0.330 e. The fourth-order valence-electron chi connectivity index (χ4n) is 4.20.